The van der Waals surface area contributed by atoms with Crippen LogP contribution >= 0.6 is 0 Å². The van der Waals surface area contributed by atoms with Crippen molar-refractivity contribution >= 4 is 28.3 Å². The van der Waals surface area contributed by atoms with Crippen LogP contribution in [0.1, 0.15) is 27.7 Å². The van der Waals surface area contributed by atoms with Crippen molar-refractivity contribution in [3.05, 3.63) is 101 Å². The molecule has 2 heterocycles. The molecule has 1 amide bonds. The molecule has 0 fully saturated rings. The van der Waals surface area contributed by atoms with Crippen LogP contribution in [0.5, 0.6) is 11.5 Å². The third-order valence-corrected chi connectivity index (χ3v) is 6.22. The maximum Gasteiger partial charge on any atom is 0.294 e. The van der Waals surface area contributed by atoms with E-state index in [2.05, 4.69) is 0 Å². The second kappa shape index (κ2) is 8.68. The van der Waals surface area contributed by atoms with Crippen molar-refractivity contribution < 1.29 is 28.6 Å². The lowest BCUT2D eigenvalue weighted by Crippen LogP contribution is -2.31. The number of para-hydroxylation sites is 1. The summed E-state index contributed by atoms with van der Waals surface area (Å²) in [7, 11) is 3.05. The van der Waals surface area contributed by atoms with Gasteiger partial charge in [-0.3, -0.25) is 14.5 Å². The first kappa shape index (κ1) is 22.3. The van der Waals surface area contributed by atoms with Crippen LogP contribution in [0.15, 0.2) is 88.5 Å². The average molecular weight is 469 g/mol. The Morgan fingerprint density at radius 3 is 2.49 bits per heavy atom. The fourth-order valence-corrected chi connectivity index (χ4v) is 4.49. The molecule has 1 aromatic heterocycles. The topological polar surface area (TPSA) is 89.2 Å². The number of hydrogen-bond donors (Lipinski definition) is 1. The van der Waals surface area contributed by atoms with Crippen LogP contribution in [-0.4, -0.2) is 31.0 Å². The van der Waals surface area contributed by atoms with Gasteiger partial charge in [0.1, 0.15) is 5.75 Å². The van der Waals surface area contributed by atoms with Crippen LogP contribution in [0.4, 0.5) is 5.69 Å². The predicted molar refractivity (Wildman–Crippen MR) is 131 cm³/mol. The summed E-state index contributed by atoms with van der Waals surface area (Å²) in [6, 6.07) is 20.4. The standard InChI is InChI=1S/C28H23NO6/c1-16-8-4-5-12-20(16)24-23(25(30)22-14-17-9-6-13-21(34-3)27(17)35-22)26(31)28(32)29(24)18-10-7-11-19(15-18)33-2/h4-15,24,31H,1-3H3. The molecular formula is C28H23NO6. The van der Waals surface area contributed by atoms with Crippen molar-refractivity contribution in [1.82, 2.24) is 0 Å². The molecule has 0 radical (unpaired) electrons. The van der Waals surface area contributed by atoms with Gasteiger partial charge in [0.25, 0.3) is 5.91 Å². The van der Waals surface area contributed by atoms with E-state index >= 15 is 0 Å². The lowest BCUT2D eigenvalue weighted by Gasteiger charge is -2.28. The number of aliphatic hydroxyl groups excluding tert-OH is 1. The molecule has 0 spiro atoms. The fourth-order valence-electron chi connectivity index (χ4n) is 4.49. The zero-order valence-corrected chi connectivity index (χ0v) is 19.4. The highest BCUT2D eigenvalue weighted by Crippen LogP contribution is 2.44. The molecule has 5 rings (SSSR count). The van der Waals surface area contributed by atoms with Crippen LogP contribution in [0, 0.1) is 6.92 Å². The number of carbonyl (C=O) groups is 2. The van der Waals surface area contributed by atoms with E-state index in [9.17, 15) is 14.7 Å². The molecule has 1 aliphatic heterocycles. The number of methoxy groups -OCH3 is 2. The molecule has 0 bridgehead atoms. The van der Waals surface area contributed by atoms with Crippen LogP contribution in [0.3, 0.4) is 0 Å². The summed E-state index contributed by atoms with van der Waals surface area (Å²) in [5.41, 5.74) is 2.43. The fraction of sp³-hybridized carbons (Fsp3) is 0.143. The van der Waals surface area contributed by atoms with Crippen molar-refractivity contribution in [2.75, 3.05) is 19.1 Å². The summed E-state index contributed by atoms with van der Waals surface area (Å²) in [6.07, 6.45) is 0. The molecule has 0 saturated carbocycles. The Morgan fingerprint density at radius 2 is 1.74 bits per heavy atom. The van der Waals surface area contributed by atoms with E-state index in [0.717, 1.165) is 5.56 Å². The summed E-state index contributed by atoms with van der Waals surface area (Å²) in [5, 5.41) is 11.7. The summed E-state index contributed by atoms with van der Waals surface area (Å²) < 4.78 is 16.5. The van der Waals surface area contributed by atoms with Gasteiger partial charge in [0, 0.05) is 17.1 Å². The smallest absolute Gasteiger partial charge is 0.294 e. The second-order valence-electron chi connectivity index (χ2n) is 8.22. The normalized spacial score (nSPS) is 15.7. The lowest BCUT2D eigenvalue weighted by atomic mass is 9.92. The number of Topliss-reactive ketones (excluding diaryl/α,β-unsaturated/α-hetero) is 1. The highest BCUT2D eigenvalue weighted by Gasteiger charge is 2.46. The number of nitrogens with zero attached hydrogens (tertiary/aromatic N) is 1. The minimum absolute atomic E-state index is 0.00456. The van der Waals surface area contributed by atoms with Crippen LogP contribution in [0.25, 0.3) is 11.0 Å². The summed E-state index contributed by atoms with van der Waals surface area (Å²) in [4.78, 5) is 28.6. The molecule has 7 nitrogen and oxygen atoms in total. The maximum atomic E-state index is 13.8. The second-order valence-corrected chi connectivity index (χ2v) is 8.22. The Labute approximate surface area is 201 Å². The number of anilines is 1. The molecule has 35 heavy (non-hydrogen) atoms. The van der Waals surface area contributed by atoms with Gasteiger partial charge in [-0.1, -0.05) is 42.5 Å². The highest BCUT2D eigenvalue weighted by atomic mass is 16.5. The maximum absolute atomic E-state index is 13.8. The van der Waals surface area contributed by atoms with Gasteiger partial charge in [-0.2, -0.15) is 0 Å². The van der Waals surface area contributed by atoms with Crippen LogP contribution in [-0.2, 0) is 4.79 Å². The molecule has 0 aliphatic carbocycles. The molecule has 1 atom stereocenters. The average Bonchev–Trinajstić information content (AvgIpc) is 3.43. The van der Waals surface area contributed by atoms with E-state index in [1.807, 2.05) is 31.2 Å². The van der Waals surface area contributed by atoms with E-state index in [-0.39, 0.29) is 11.3 Å². The SMILES string of the molecule is COc1cccc(N2C(=O)C(O)=C(C(=O)c3cc4cccc(OC)c4o3)C2c2ccccc2C)c1. The Morgan fingerprint density at radius 1 is 0.971 bits per heavy atom. The quantitative estimate of drug-likeness (QED) is 0.373. The first-order chi connectivity index (χ1) is 16.9. The molecule has 1 aliphatic rings. The molecule has 3 aromatic carbocycles. The zero-order chi connectivity index (χ0) is 24.7. The number of carbonyl (C=O) groups excluding carboxylic acids is 2. The first-order valence-electron chi connectivity index (χ1n) is 11.0. The molecule has 1 N–H and O–H groups in total. The monoisotopic (exact) mass is 469 g/mol. The summed E-state index contributed by atoms with van der Waals surface area (Å²) in [5.74, 6) is -0.835. The minimum Gasteiger partial charge on any atom is -0.503 e. The summed E-state index contributed by atoms with van der Waals surface area (Å²) in [6.45, 7) is 1.90. The number of ketones is 1. The van der Waals surface area contributed by atoms with E-state index in [4.69, 9.17) is 13.9 Å². The number of benzene rings is 3. The van der Waals surface area contributed by atoms with Gasteiger partial charge in [0.15, 0.2) is 22.9 Å². The largest absolute Gasteiger partial charge is 0.503 e. The minimum atomic E-state index is -0.863. The zero-order valence-electron chi connectivity index (χ0n) is 19.4. The Bertz CT molecular complexity index is 1500. The van der Waals surface area contributed by atoms with E-state index in [1.165, 1.54) is 19.1 Å². The number of furan rings is 1. The first-order valence-corrected chi connectivity index (χ1v) is 11.0. The Balaban J connectivity index is 1.68. The van der Waals surface area contributed by atoms with Gasteiger partial charge in [-0.05, 0) is 42.3 Å². The molecule has 0 saturated heterocycles. The van der Waals surface area contributed by atoms with Crippen molar-refractivity contribution in [2.45, 2.75) is 13.0 Å². The van der Waals surface area contributed by atoms with E-state index in [1.54, 1.807) is 48.5 Å². The van der Waals surface area contributed by atoms with Gasteiger partial charge >= 0.3 is 0 Å². The number of ether oxygens (including phenoxy) is 2. The van der Waals surface area contributed by atoms with Crippen molar-refractivity contribution in [3.63, 3.8) is 0 Å². The third-order valence-electron chi connectivity index (χ3n) is 6.22. The molecular weight excluding hydrogens is 446 g/mol. The number of rotatable bonds is 6. The molecule has 176 valence electrons. The van der Waals surface area contributed by atoms with Crippen LogP contribution < -0.4 is 14.4 Å². The van der Waals surface area contributed by atoms with E-state index < -0.39 is 23.5 Å². The van der Waals surface area contributed by atoms with Gasteiger partial charge in [-0.15, -0.1) is 0 Å². The van der Waals surface area contributed by atoms with Crippen molar-refractivity contribution in [2.24, 2.45) is 0 Å². The van der Waals surface area contributed by atoms with Gasteiger partial charge in [-0.25, -0.2) is 0 Å². The molecule has 4 aromatic rings. The predicted octanol–water partition coefficient (Wildman–Crippen LogP) is 5.54. The number of aliphatic hydroxyl groups is 1. The van der Waals surface area contributed by atoms with Gasteiger partial charge < -0.3 is 19.0 Å². The number of hydrogen-bond acceptors (Lipinski definition) is 6. The number of amides is 1. The van der Waals surface area contributed by atoms with Gasteiger partial charge in [0.05, 0.1) is 25.8 Å². The van der Waals surface area contributed by atoms with Crippen LogP contribution in [0.2, 0.25) is 0 Å². The third kappa shape index (κ3) is 3.61. The lowest BCUT2D eigenvalue weighted by molar-refractivity contribution is -0.117. The van der Waals surface area contributed by atoms with Gasteiger partial charge in [0.2, 0.25) is 5.78 Å². The summed E-state index contributed by atoms with van der Waals surface area (Å²) >= 11 is 0. The van der Waals surface area contributed by atoms with E-state index in [0.29, 0.717) is 33.7 Å². The number of aryl methyl sites for hydroxylation is 1. The Hall–Kier alpha value is -4.52. The highest BCUT2D eigenvalue weighted by molar-refractivity contribution is 6.20. The Kier molecular flexibility index (Phi) is 5.53. The molecule has 7 heteroatoms. The molecule has 1 unspecified atom stereocenters. The number of fused-ring (bicyclic) bond motifs is 1. The van der Waals surface area contributed by atoms with Crippen molar-refractivity contribution in [1.29, 1.82) is 0 Å². The van der Waals surface area contributed by atoms with Crippen molar-refractivity contribution in [3.8, 4) is 11.5 Å².